The molecule has 0 spiro atoms. The van der Waals surface area contributed by atoms with Gasteiger partial charge in [0.25, 0.3) is 0 Å². The zero-order chi connectivity index (χ0) is 14.5. The summed E-state index contributed by atoms with van der Waals surface area (Å²) in [6.07, 6.45) is 0.0975. The molecule has 0 atom stereocenters. The van der Waals surface area contributed by atoms with Gasteiger partial charge in [-0.1, -0.05) is 24.3 Å². The number of ether oxygens (including phenoxy) is 2. The van der Waals surface area contributed by atoms with Gasteiger partial charge in [0.2, 0.25) is 0 Å². The second kappa shape index (κ2) is 6.48. The molecule has 0 radical (unpaired) electrons. The number of esters is 1. The van der Waals surface area contributed by atoms with Crippen molar-refractivity contribution in [3.63, 3.8) is 0 Å². The number of carbonyl (C=O) groups is 1. The number of fused-ring (bicyclic) bond motifs is 1. The van der Waals surface area contributed by atoms with Crippen molar-refractivity contribution in [3.05, 3.63) is 47.8 Å². The van der Waals surface area contributed by atoms with Crippen molar-refractivity contribution in [2.75, 3.05) is 13.2 Å². The van der Waals surface area contributed by atoms with Crippen LogP contribution in [0, 0.1) is 5.82 Å². The lowest BCUT2D eigenvalue weighted by atomic mass is 10.0. The molecule has 2 rings (SSSR count). The summed E-state index contributed by atoms with van der Waals surface area (Å²) in [5.41, 5.74) is 0.367. The fraction of sp³-hybridized carbons (Fsp3) is 0.312. The summed E-state index contributed by atoms with van der Waals surface area (Å²) in [7, 11) is 0. The van der Waals surface area contributed by atoms with Crippen LogP contribution in [0.15, 0.2) is 36.4 Å². The summed E-state index contributed by atoms with van der Waals surface area (Å²) in [4.78, 5) is 12.0. The minimum atomic E-state index is -0.464. The summed E-state index contributed by atoms with van der Waals surface area (Å²) < 4.78 is 24.1. The van der Waals surface area contributed by atoms with Crippen LogP contribution in [-0.4, -0.2) is 25.3 Å². The molecule has 106 valence electrons. The van der Waals surface area contributed by atoms with Gasteiger partial charge in [0.1, 0.15) is 12.4 Å². The predicted molar refractivity (Wildman–Crippen MR) is 75.3 cm³/mol. The smallest absolute Gasteiger partial charge is 0.338 e. The number of hydrogen-bond acceptors (Lipinski definition) is 3. The fourth-order valence-corrected chi connectivity index (χ4v) is 1.94. The van der Waals surface area contributed by atoms with Crippen LogP contribution in [0.1, 0.15) is 24.2 Å². The van der Waals surface area contributed by atoms with Gasteiger partial charge in [-0.3, -0.25) is 0 Å². The Morgan fingerprint density at radius 3 is 2.50 bits per heavy atom. The molecule has 0 heterocycles. The average Bonchev–Trinajstić information content (AvgIpc) is 2.44. The third-order valence-electron chi connectivity index (χ3n) is 2.86. The van der Waals surface area contributed by atoms with Gasteiger partial charge in [-0.25, -0.2) is 9.18 Å². The third-order valence-corrected chi connectivity index (χ3v) is 2.86. The van der Waals surface area contributed by atoms with Gasteiger partial charge in [-0.15, -0.1) is 0 Å². The highest BCUT2D eigenvalue weighted by Gasteiger charge is 2.13. The SMILES string of the molecule is CC(C)OCCOC(=O)c1ccc(F)c2ccccc12. The largest absolute Gasteiger partial charge is 0.460 e. The third kappa shape index (κ3) is 3.33. The second-order valence-corrected chi connectivity index (χ2v) is 4.70. The quantitative estimate of drug-likeness (QED) is 0.618. The molecule has 4 heteroatoms. The number of rotatable bonds is 5. The van der Waals surface area contributed by atoms with Crippen LogP contribution in [0.5, 0.6) is 0 Å². The van der Waals surface area contributed by atoms with E-state index < -0.39 is 5.97 Å². The van der Waals surface area contributed by atoms with E-state index in [9.17, 15) is 9.18 Å². The topological polar surface area (TPSA) is 35.5 Å². The van der Waals surface area contributed by atoms with E-state index in [0.29, 0.717) is 22.9 Å². The molecule has 0 aliphatic heterocycles. The first-order valence-corrected chi connectivity index (χ1v) is 6.55. The fourth-order valence-electron chi connectivity index (χ4n) is 1.94. The van der Waals surface area contributed by atoms with Crippen LogP contribution < -0.4 is 0 Å². The molecule has 0 bridgehead atoms. The molecule has 0 N–H and O–H groups in total. The molecular weight excluding hydrogens is 259 g/mol. The maximum absolute atomic E-state index is 13.7. The summed E-state index contributed by atoms with van der Waals surface area (Å²) in [5.74, 6) is -0.811. The number of carbonyl (C=O) groups excluding carboxylic acids is 1. The molecule has 3 nitrogen and oxygen atoms in total. The molecule has 0 fully saturated rings. The van der Waals surface area contributed by atoms with Crippen LogP contribution in [0.2, 0.25) is 0 Å². The molecule has 0 saturated carbocycles. The van der Waals surface area contributed by atoms with Gasteiger partial charge >= 0.3 is 5.97 Å². The molecule has 0 aromatic heterocycles. The molecule has 20 heavy (non-hydrogen) atoms. The van der Waals surface area contributed by atoms with Crippen molar-refractivity contribution in [1.29, 1.82) is 0 Å². The zero-order valence-corrected chi connectivity index (χ0v) is 11.6. The molecular formula is C16H17FO3. The maximum Gasteiger partial charge on any atom is 0.338 e. The number of benzene rings is 2. The molecule has 0 aliphatic carbocycles. The summed E-state index contributed by atoms with van der Waals surface area (Å²) in [6, 6.07) is 9.58. The van der Waals surface area contributed by atoms with Crippen LogP contribution in [-0.2, 0) is 9.47 Å². The Morgan fingerprint density at radius 2 is 1.80 bits per heavy atom. The van der Waals surface area contributed by atoms with E-state index in [4.69, 9.17) is 9.47 Å². The second-order valence-electron chi connectivity index (χ2n) is 4.70. The van der Waals surface area contributed by atoms with Gasteiger partial charge in [0.05, 0.1) is 18.3 Å². The molecule has 0 saturated heterocycles. The minimum absolute atomic E-state index is 0.0975. The van der Waals surface area contributed by atoms with E-state index in [0.717, 1.165) is 0 Å². The first-order valence-electron chi connectivity index (χ1n) is 6.55. The van der Waals surface area contributed by atoms with E-state index in [2.05, 4.69) is 0 Å². The highest BCUT2D eigenvalue weighted by molar-refractivity contribution is 6.04. The van der Waals surface area contributed by atoms with Crippen LogP contribution >= 0.6 is 0 Å². The van der Waals surface area contributed by atoms with Crippen molar-refractivity contribution in [2.24, 2.45) is 0 Å². The molecule has 2 aromatic carbocycles. The summed E-state index contributed by atoms with van der Waals surface area (Å²) >= 11 is 0. The number of hydrogen-bond donors (Lipinski definition) is 0. The summed E-state index contributed by atoms with van der Waals surface area (Å²) in [6.45, 7) is 4.36. The monoisotopic (exact) mass is 276 g/mol. The molecule has 2 aromatic rings. The van der Waals surface area contributed by atoms with Crippen LogP contribution in [0.25, 0.3) is 10.8 Å². The minimum Gasteiger partial charge on any atom is -0.460 e. The Hall–Kier alpha value is -1.94. The van der Waals surface area contributed by atoms with E-state index in [1.807, 2.05) is 13.8 Å². The Balaban J connectivity index is 2.12. The van der Waals surface area contributed by atoms with Gasteiger partial charge in [-0.2, -0.15) is 0 Å². The highest BCUT2D eigenvalue weighted by Crippen LogP contribution is 2.22. The average molecular weight is 276 g/mol. The van der Waals surface area contributed by atoms with Gasteiger partial charge in [-0.05, 0) is 31.4 Å². The van der Waals surface area contributed by atoms with Crippen LogP contribution in [0.3, 0.4) is 0 Å². The van der Waals surface area contributed by atoms with Gasteiger partial charge in [0.15, 0.2) is 0 Å². The normalized spacial score (nSPS) is 11.0. The van der Waals surface area contributed by atoms with Crippen molar-refractivity contribution in [3.8, 4) is 0 Å². The molecule has 0 unspecified atom stereocenters. The lowest BCUT2D eigenvalue weighted by Crippen LogP contribution is -2.14. The summed E-state index contributed by atoms with van der Waals surface area (Å²) in [5, 5.41) is 0.975. The van der Waals surface area contributed by atoms with Gasteiger partial charge < -0.3 is 9.47 Å². The van der Waals surface area contributed by atoms with Crippen LogP contribution in [0.4, 0.5) is 4.39 Å². The van der Waals surface area contributed by atoms with E-state index >= 15 is 0 Å². The van der Waals surface area contributed by atoms with E-state index in [1.54, 1.807) is 24.3 Å². The predicted octanol–water partition coefficient (Wildman–Crippen LogP) is 3.56. The number of halogens is 1. The van der Waals surface area contributed by atoms with Crippen molar-refractivity contribution >= 4 is 16.7 Å². The van der Waals surface area contributed by atoms with Gasteiger partial charge in [0, 0.05) is 5.39 Å². The first-order chi connectivity index (χ1) is 9.59. The van der Waals surface area contributed by atoms with E-state index in [-0.39, 0.29) is 18.5 Å². The zero-order valence-electron chi connectivity index (χ0n) is 11.6. The highest BCUT2D eigenvalue weighted by atomic mass is 19.1. The van der Waals surface area contributed by atoms with Crippen molar-refractivity contribution in [2.45, 2.75) is 20.0 Å². The Bertz CT molecular complexity index is 608. The lowest BCUT2D eigenvalue weighted by Gasteiger charge is -2.10. The lowest BCUT2D eigenvalue weighted by molar-refractivity contribution is 0.0178. The molecule has 0 amide bonds. The first kappa shape index (κ1) is 14.5. The van der Waals surface area contributed by atoms with Crippen molar-refractivity contribution < 1.29 is 18.7 Å². The molecule has 0 aliphatic rings. The Labute approximate surface area is 117 Å². The maximum atomic E-state index is 13.7. The standard InChI is InChI=1S/C16H17FO3/c1-11(2)19-9-10-20-16(18)14-7-8-15(17)13-6-4-3-5-12(13)14/h3-8,11H,9-10H2,1-2H3. The van der Waals surface area contributed by atoms with Crippen molar-refractivity contribution in [1.82, 2.24) is 0 Å². The Kier molecular flexibility index (Phi) is 4.69. The van der Waals surface area contributed by atoms with E-state index in [1.165, 1.54) is 12.1 Å². The Morgan fingerprint density at radius 1 is 1.10 bits per heavy atom.